The predicted octanol–water partition coefficient (Wildman–Crippen LogP) is 3.63. The lowest BCUT2D eigenvalue weighted by atomic mass is 9.99. The highest BCUT2D eigenvalue weighted by Gasteiger charge is 2.19. The predicted molar refractivity (Wildman–Crippen MR) is 117 cm³/mol. The molecule has 0 bridgehead atoms. The molecule has 8 nitrogen and oxygen atoms in total. The minimum atomic E-state index is -0.357. The highest BCUT2D eigenvalue weighted by atomic mass is 16.5. The Labute approximate surface area is 185 Å². The van der Waals surface area contributed by atoms with Crippen molar-refractivity contribution in [1.29, 1.82) is 0 Å². The van der Waals surface area contributed by atoms with Crippen molar-refractivity contribution < 1.29 is 33.3 Å². The van der Waals surface area contributed by atoms with E-state index in [1.165, 1.54) is 27.3 Å². The van der Waals surface area contributed by atoms with E-state index in [0.29, 0.717) is 51.9 Å². The molecule has 0 unspecified atom stereocenters. The van der Waals surface area contributed by atoms with Gasteiger partial charge in [0.15, 0.2) is 17.8 Å². The maximum absolute atomic E-state index is 13.2. The van der Waals surface area contributed by atoms with Gasteiger partial charge in [0.25, 0.3) is 0 Å². The van der Waals surface area contributed by atoms with Gasteiger partial charge in [0, 0.05) is 36.1 Å². The second-order valence-corrected chi connectivity index (χ2v) is 6.83. The number of aromatic nitrogens is 1. The summed E-state index contributed by atoms with van der Waals surface area (Å²) in [5.74, 6) is 0.659. The smallest absolute Gasteiger partial charge is 0.302 e. The first kappa shape index (κ1) is 22.7. The first-order chi connectivity index (χ1) is 15.5. The molecule has 0 aliphatic rings. The largest absolute Gasteiger partial charge is 0.497 e. The third-order valence-electron chi connectivity index (χ3n) is 4.73. The molecule has 0 spiro atoms. The van der Waals surface area contributed by atoms with Crippen molar-refractivity contribution in [1.82, 2.24) is 4.98 Å². The van der Waals surface area contributed by atoms with E-state index in [9.17, 15) is 14.4 Å². The number of nitrogens with zero attached hydrogens (tertiary/aromatic N) is 1. The highest BCUT2D eigenvalue weighted by molar-refractivity contribution is 6.17. The van der Waals surface area contributed by atoms with Crippen LogP contribution in [0.1, 0.15) is 39.8 Å². The van der Waals surface area contributed by atoms with Crippen LogP contribution >= 0.6 is 0 Å². The van der Waals surface area contributed by atoms with Gasteiger partial charge in [-0.15, -0.1) is 0 Å². The summed E-state index contributed by atoms with van der Waals surface area (Å²) in [5, 5.41) is 0.976. The van der Waals surface area contributed by atoms with Crippen LogP contribution in [0.4, 0.5) is 0 Å². The summed E-state index contributed by atoms with van der Waals surface area (Å²) in [6.07, 6.45) is 2.52. The number of carbonyl (C=O) groups is 3. The van der Waals surface area contributed by atoms with Crippen LogP contribution in [0.5, 0.6) is 17.2 Å². The molecule has 0 fully saturated rings. The van der Waals surface area contributed by atoms with Gasteiger partial charge in [-0.1, -0.05) is 12.1 Å². The zero-order valence-electron chi connectivity index (χ0n) is 18.0. The lowest BCUT2D eigenvalue weighted by molar-refractivity contribution is -0.141. The van der Waals surface area contributed by atoms with Gasteiger partial charge in [0.1, 0.15) is 11.4 Å². The number of ether oxygens (including phenoxy) is 4. The second kappa shape index (κ2) is 10.4. The Morgan fingerprint density at radius 1 is 1.00 bits per heavy atom. The monoisotopic (exact) mass is 437 g/mol. The number of esters is 1. The summed E-state index contributed by atoms with van der Waals surface area (Å²) in [5.41, 5.74) is 0.898. The number of methoxy groups -OCH3 is 2. The molecule has 0 aliphatic carbocycles. The first-order valence-corrected chi connectivity index (χ1v) is 9.89. The van der Waals surface area contributed by atoms with Crippen molar-refractivity contribution in [2.75, 3.05) is 27.4 Å². The SMILES string of the molecule is COc1cccc(C(=O)c2ncc(C=O)c3cc(OCCCOC(C)=O)c(OC)cc23)c1. The summed E-state index contributed by atoms with van der Waals surface area (Å²) in [4.78, 5) is 39.9. The first-order valence-electron chi connectivity index (χ1n) is 9.89. The molecule has 1 aromatic heterocycles. The third-order valence-corrected chi connectivity index (χ3v) is 4.73. The average Bonchev–Trinajstić information content (AvgIpc) is 2.81. The van der Waals surface area contributed by atoms with Crippen molar-refractivity contribution in [3.05, 3.63) is 59.4 Å². The molecule has 3 aromatic rings. The van der Waals surface area contributed by atoms with Crippen LogP contribution in [0.25, 0.3) is 10.8 Å². The highest BCUT2D eigenvalue weighted by Crippen LogP contribution is 2.35. The van der Waals surface area contributed by atoms with Crippen LogP contribution in [0.15, 0.2) is 42.6 Å². The fourth-order valence-corrected chi connectivity index (χ4v) is 3.17. The summed E-state index contributed by atoms with van der Waals surface area (Å²) >= 11 is 0. The fraction of sp³-hybridized carbons (Fsp3) is 0.250. The molecule has 166 valence electrons. The number of fused-ring (bicyclic) bond motifs is 1. The molecule has 0 amide bonds. The van der Waals surface area contributed by atoms with Crippen LogP contribution < -0.4 is 14.2 Å². The van der Waals surface area contributed by atoms with Gasteiger partial charge in [-0.25, -0.2) is 0 Å². The Morgan fingerprint density at radius 2 is 1.78 bits per heavy atom. The molecule has 3 rings (SSSR count). The van der Waals surface area contributed by atoms with Gasteiger partial charge >= 0.3 is 5.97 Å². The Hall–Kier alpha value is -3.94. The average molecular weight is 437 g/mol. The molecule has 8 heteroatoms. The molecule has 0 N–H and O–H groups in total. The summed E-state index contributed by atoms with van der Waals surface area (Å²) in [6, 6.07) is 10.0. The maximum atomic E-state index is 13.2. The molecule has 32 heavy (non-hydrogen) atoms. The van der Waals surface area contributed by atoms with E-state index in [-0.39, 0.29) is 30.7 Å². The number of rotatable bonds is 10. The van der Waals surface area contributed by atoms with E-state index in [1.807, 2.05) is 0 Å². The minimum absolute atomic E-state index is 0.179. The Bertz CT molecular complexity index is 1160. The van der Waals surface area contributed by atoms with Gasteiger partial charge in [-0.3, -0.25) is 19.4 Å². The van der Waals surface area contributed by atoms with Crippen LogP contribution in [-0.4, -0.2) is 50.5 Å². The Morgan fingerprint density at radius 3 is 2.47 bits per heavy atom. The van der Waals surface area contributed by atoms with Crippen LogP contribution in [0.2, 0.25) is 0 Å². The normalized spacial score (nSPS) is 10.5. The summed E-state index contributed by atoms with van der Waals surface area (Å²) < 4.78 is 21.3. The van der Waals surface area contributed by atoms with Crippen molar-refractivity contribution in [2.24, 2.45) is 0 Å². The fourth-order valence-electron chi connectivity index (χ4n) is 3.17. The summed E-state index contributed by atoms with van der Waals surface area (Å²) in [7, 11) is 3.00. The molecule has 0 aliphatic heterocycles. The topological polar surface area (TPSA) is 101 Å². The number of ketones is 1. The molecular formula is C24H23NO7. The number of aldehydes is 1. The molecule has 0 radical (unpaired) electrons. The Balaban J connectivity index is 2.00. The second-order valence-electron chi connectivity index (χ2n) is 6.83. The summed E-state index contributed by atoms with van der Waals surface area (Å²) in [6.45, 7) is 1.84. The van der Waals surface area contributed by atoms with Gasteiger partial charge in [0.05, 0.1) is 27.4 Å². The Kier molecular flexibility index (Phi) is 7.38. The van der Waals surface area contributed by atoms with E-state index in [2.05, 4.69) is 4.98 Å². The van der Waals surface area contributed by atoms with Gasteiger partial charge < -0.3 is 18.9 Å². The molecule has 0 atom stereocenters. The molecule has 0 saturated carbocycles. The zero-order chi connectivity index (χ0) is 23.1. The number of pyridine rings is 1. The van der Waals surface area contributed by atoms with E-state index in [4.69, 9.17) is 18.9 Å². The van der Waals surface area contributed by atoms with E-state index in [1.54, 1.807) is 36.4 Å². The van der Waals surface area contributed by atoms with Gasteiger partial charge in [-0.05, 0) is 29.7 Å². The van der Waals surface area contributed by atoms with Crippen molar-refractivity contribution in [3.8, 4) is 17.2 Å². The number of carbonyl (C=O) groups excluding carboxylic acids is 3. The van der Waals surface area contributed by atoms with E-state index >= 15 is 0 Å². The number of benzene rings is 2. The van der Waals surface area contributed by atoms with Crippen molar-refractivity contribution in [2.45, 2.75) is 13.3 Å². The van der Waals surface area contributed by atoms with E-state index < -0.39 is 0 Å². The van der Waals surface area contributed by atoms with Crippen molar-refractivity contribution >= 4 is 28.8 Å². The van der Waals surface area contributed by atoms with Gasteiger partial charge in [-0.2, -0.15) is 0 Å². The van der Waals surface area contributed by atoms with Crippen LogP contribution in [0.3, 0.4) is 0 Å². The van der Waals surface area contributed by atoms with Crippen LogP contribution in [0, 0.1) is 0 Å². The lowest BCUT2D eigenvalue weighted by Crippen LogP contribution is -2.08. The molecule has 1 heterocycles. The minimum Gasteiger partial charge on any atom is -0.497 e. The zero-order valence-corrected chi connectivity index (χ0v) is 18.0. The number of hydrogen-bond acceptors (Lipinski definition) is 8. The quantitative estimate of drug-likeness (QED) is 0.205. The molecule has 0 saturated heterocycles. The van der Waals surface area contributed by atoms with Crippen molar-refractivity contribution in [3.63, 3.8) is 0 Å². The third kappa shape index (κ3) is 5.03. The molecular weight excluding hydrogens is 414 g/mol. The number of hydrogen-bond donors (Lipinski definition) is 0. The van der Waals surface area contributed by atoms with E-state index in [0.717, 1.165) is 0 Å². The maximum Gasteiger partial charge on any atom is 0.302 e. The molecule has 2 aromatic carbocycles. The standard InChI is InChI=1S/C24H23NO7/c1-15(27)31-8-5-9-32-22-11-19-17(14-26)13-25-23(20(19)12-21(22)30-3)24(28)16-6-4-7-18(10-16)29-2/h4,6-7,10-14H,5,8-9H2,1-3H3. The lowest BCUT2D eigenvalue weighted by Gasteiger charge is -2.14. The van der Waals surface area contributed by atoms with Crippen LogP contribution in [-0.2, 0) is 9.53 Å². The van der Waals surface area contributed by atoms with Gasteiger partial charge in [0.2, 0.25) is 5.78 Å².